The number of hydrogen-bond donors (Lipinski definition) is 3. The van der Waals surface area contributed by atoms with E-state index in [2.05, 4.69) is 10.6 Å². The summed E-state index contributed by atoms with van der Waals surface area (Å²) in [5, 5.41) is 5.49. The second-order valence-electron chi connectivity index (χ2n) is 7.70. The van der Waals surface area contributed by atoms with Crippen LogP contribution in [0.25, 0.3) is 0 Å². The Balaban J connectivity index is 0.00000300. The van der Waals surface area contributed by atoms with E-state index in [1.807, 2.05) is 6.92 Å². The summed E-state index contributed by atoms with van der Waals surface area (Å²) in [4.78, 5) is 24.7. The molecule has 2 atom stereocenters. The second-order valence-corrected chi connectivity index (χ2v) is 7.70. The largest absolute Gasteiger partial charge is 0.326 e. The summed E-state index contributed by atoms with van der Waals surface area (Å²) in [5.74, 6) is -1.03. The third-order valence-electron chi connectivity index (χ3n) is 5.30. The van der Waals surface area contributed by atoms with Crippen LogP contribution in [0.15, 0.2) is 48.5 Å². The molecular formula is C22H27ClFN3O2. The number of benzene rings is 2. The van der Waals surface area contributed by atoms with E-state index in [4.69, 9.17) is 5.73 Å². The number of halogens is 2. The molecule has 7 heteroatoms. The first-order valence-electron chi connectivity index (χ1n) is 9.58. The summed E-state index contributed by atoms with van der Waals surface area (Å²) in [7, 11) is 0. The van der Waals surface area contributed by atoms with Crippen molar-refractivity contribution in [2.45, 2.75) is 44.6 Å². The van der Waals surface area contributed by atoms with Crippen LogP contribution in [0.3, 0.4) is 0 Å². The highest BCUT2D eigenvalue weighted by atomic mass is 35.5. The van der Waals surface area contributed by atoms with Gasteiger partial charge in [-0.25, -0.2) is 4.39 Å². The predicted octanol–water partition coefficient (Wildman–Crippen LogP) is 4.27. The minimum atomic E-state index is -0.479. The van der Waals surface area contributed by atoms with E-state index < -0.39 is 11.4 Å². The minimum absolute atomic E-state index is 0. The molecule has 1 fully saturated rings. The predicted molar refractivity (Wildman–Crippen MR) is 116 cm³/mol. The van der Waals surface area contributed by atoms with Crippen LogP contribution in [-0.2, 0) is 16.0 Å². The van der Waals surface area contributed by atoms with Crippen molar-refractivity contribution in [1.82, 2.24) is 0 Å². The third kappa shape index (κ3) is 6.02. The van der Waals surface area contributed by atoms with Gasteiger partial charge in [0.2, 0.25) is 11.8 Å². The maximum atomic E-state index is 13.6. The first-order chi connectivity index (χ1) is 13.3. The van der Waals surface area contributed by atoms with Crippen molar-refractivity contribution < 1.29 is 14.0 Å². The van der Waals surface area contributed by atoms with Crippen LogP contribution < -0.4 is 16.4 Å². The summed E-state index contributed by atoms with van der Waals surface area (Å²) >= 11 is 0. The molecule has 2 unspecified atom stereocenters. The molecule has 156 valence electrons. The van der Waals surface area contributed by atoms with Crippen LogP contribution in [0.4, 0.5) is 15.8 Å². The molecule has 0 bridgehead atoms. The first kappa shape index (κ1) is 22.8. The van der Waals surface area contributed by atoms with Gasteiger partial charge < -0.3 is 16.4 Å². The van der Waals surface area contributed by atoms with Crippen LogP contribution >= 0.6 is 12.4 Å². The van der Waals surface area contributed by atoms with Crippen molar-refractivity contribution in [2.24, 2.45) is 11.7 Å². The molecule has 1 aliphatic carbocycles. The minimum Gasteiger partial charge on any atom is -0.326 e. The Morgan fingerprint density at radius 2 is 1.79 bits per heavy atom. The van der Waals surface area contributed by atoms with Crippen LogP contribution in [0.2, 0.25) is 0 Å². The molecule has 0 radical (unpaired) electrons. The summed E-state index contributed by atoms with van der Waals surface area (Å²) in [6.07, 6.45) is 3.84. The molecule has 4 N–H and O–H groups in total. The Morgan fingerprint density at radius 3 is 2.45 bits per heavy atom. The average molecular weight is 420 g/mol. The molecular weight excluding hydrogens is 393 g/mol. The van der Waals surface area contributed by atoms with Crippen molar-refractivity contribution in [2.75, 3.05) is 10.6 Å². The smallest absolute Gasteiger partial charge is 0.229 e. The molecule has 2 amide bonds. The number of rotatable bonds is 5. The highest BCUT2D eigenvalue weighted by Crippen LogP contribution is 2.32. The lowest BCUT2D eigenvalue weighted by Gasteiger charge is -2.37. The number of nitrogens with two attached hydrogens (primary N) is 1. The van der Waals surface area contributed by atoms with Crippen LogP contribution in [0.5, 0.6) is 0 Å². The Labute approximate surface area is 176 Å². The summed E-state index contributed by atoms with van der Waals surface area (Å²) in [6.45, 7) is 1.94. The standard InChI is InChI=1S/C22H26FN3O2.ClH/c1-22(24)13-5-4-6-17(22)21(28)25-16-11-9-15(10-12-16)14-20(27)26-19-8-3-2-7-18(19)23;/h2-3,7-12,17H,4-6,13-14,24H2,1H3,(H,25,28)(H,26,27);1H. The fraction of sp³-hybridized carbons (Fsp3) is 0.364. The fourth-order valence-corrected chi connectivity index (χ4v) is 3.67. The average Bonchev–Trinajstić information content (AvgIpc) is 2.65. The SMILES string of the molecule is CC1(N)CCCCC1C(=O)Nc1ccc(CC(=O)Nc2ccccc2F)cc1.Cl. The van der Waals surface area contributed by atoms with Gasteiger partial charge in [-0.15, -0.1) is 12.4 Å². The van der Waals surface area contributed by atoms with Crippen molar-refractivity contribution in [3.05, 3.63) is 59.9 Å². The molecule has 0 aromatic heterocycles. The van der Waals surface area contributed by atoms with Crippen molar-refractivity contribution in [3.8, 4) is 0 Å². The number of nitrogens with one attached hydrogen (secondary N) is 2. The number of amides is 2. The van der Waals surface area contributed by atoms with E-state index >= 15 is 0 Å². The molecule has 0 heterocycles. The highest BCUT2D eigenvalue weighted by molar-refractivity contribution is 5.94. The van der Waals surface area contributed by atoms with Crippen molar-refractivity contribution >= 4 is 35.6 Å². The Kier molecular flexibility index (Phi) is 7.76. The van der Waals surface area contributed by atoms with Gasteiger partial charge in [-0.05, 0) is 49.6 Å². The molecule has 0 saturated heterocycles. The van der Waals surface area contributed by atoms with Gasteiger partial charge in [0, 0.05) is 11.2 Å². The van der Waals surface area contributed by atoms with Gasteiger partial charge in [-0.1, -0.05) is 37.1 Å². The molecule has 0 aliphatic heterocycles. The van der Waals surface area contributed by atoms with E-state index in [0.717, 1.165) is 31.2 Å². The Bertz CT molecular complexity index is 855. The topological polar surface area (TPSA) is 84.2 Å². The lowest BCUT2D eigenvalue weighted by Crippen LogP contribution is -2.51. The van der Waals surface area contributed by atoms with Crippen LogP contribution in [0.1, 0.15) is 38.2 Å². The van der Waals surface area contributed by atoms with Gasteiger partial charge in [-0.2, -0.15) is 0 Å². The molecule has 2 aromatic carbocycles. The zero-order valence-corrected chi connectivity index (χ0v) is 17.2. The van der Waals surface area contributed by atoms with Crippen LogP contribution in [-0.4, -0.2) is 17.4 Å². The third-order valence-corrected chi connectivity index (χ3v) is 5.30. The van der Waals surface area contributed by atoms with E-state index in [9.17, 15) is 14.0 Å². The molecule has 3 rings (SSSR count). The normalized spacial score (nSPS) is 21.0. The van der Waals surface area contributed by atoms with Gasteiger partial charge in [0.05, 0.1) is 18.0 Å². The zero-order valence-electron chi connectivity index (χ0n) is 16.4. The lowest BCUT2D eigenvalue weighted by molar-refractivity contribution is -0.122. The summed E-state index contributed by atoms with van der Waals surface area (Å²) in [6, 6.07) is 13.1. The molecule has 0 spiro atoms. The number of hydrogen-bond acceptors (Lipinski definition) is 3. The second kappa shape index (κ2) is 9.85. The Hall–Kier alpha value is -2.44. The van der Waals surface area contributed by atoms with Crippen molar-refractivity contribution in [3.63, 3.8) is 0 Å². The number of carbonyl (C=O) groups is 2. The lowest BCUT2D eigenvalue weighted by atomic mass is 9.74. The van der Waals surface area contributed by atoms with Gasteiger partial charge in [0.15, 0.2) is 0 Å². The van der Waals surface area contributed by atoms with E-state index in [1.54, 1.807) is 36.4 Å². The van der Waals surface area contributed by atoms with Crippen molar-refractivity contribution in [1.29, 1.82) is 0 Å². The van der Waals surface area contributed by atoms with Crippen LogP contribution in [0, 0.1) is 11.7 Å². The number of carbonyl (C=O) groups excluding carboxylic acids is 2. The zero-order chi connectivity index (χ0) is 20.1. The molecule has 1 saturated carbocycles. The maximum absolute atomic E-state index is 13.6. The molecule has 1 aliphatic rings. The van der Waals surface area contributed by atoms with E-state index in [-0.39, 0.29) is 42.2 Å². The quantitative estimate of drug-likeness (QED) is 0.676. The molecule has 29 heavy (non-hydrogen) atoms. The number of anilines is 2. The monoisotopic (exact) mass is 419 g/mol. The van der Waals surface area contributed by atoms with E-state index in [0.29, 0.717) is 5.69 Å². The summed E-state index contributed by atoms with van der Waals surface area (Å²) < 4.78 is 13.6. The molecule has 5 nitrogen and oxygen atoms in total. The van der Waals surface area contributed by atoms with Gasteiger partial charge in [0.1, 0.15) is 5.82 Å². The maximum Gasteiger partial charge on any atom is 0.229 e. The number of para-hydroxylation sites is 1. The first-order valence-corrected chi connectivity index (χ1v) is 9.58. The van der Waals surface area contributed by atoms with Gasteiger partial charge in [-0.3, -0.25) is 9.59 Å². The molecule has 2 aromatic rings. The summed E-state index contributed by atoms with van der Waals surface area (Å²) in [5.41, 5.74) is 7.42. The van der Waals surface area contributed by atoms with E-state index in [1.165, 1.54) is 12.1 Å². The van der Waals surface area contributed by atoms with Gasteiger partial charge in [0.25, 0.3) is 0 Å². The Morgan fingerprint density at radius 1 is 1.10 bits per heavy atom. The highest BCUT2D eigenvalue weighted by Gasteiger charge is 2.37. The fourth-order valence-electron chi connectivity index (χ4n) is 3.67. The van der Waals surface area contributed by atoms with Gasteiger partial charge >= 0.3 is 0 Å².